The molecule has 0 unspecified atom stereocenters. The van der Waals surface area contributed by atoms with Gasteiger partial charge in [-0.3, -0.25) is 4.79 Å². The summed E-state index contributed by atoms with van der Waals surface area (Å²) in [7, 11) is -3.50. The number of unbranched alkanes of at least 4 members (excludes halogenated alkanes) is 2. The van der Waals surface area contributed by atoms with E-state index in [0.29, 0.717) is 25.1 Å². The fraction of sp³-hybridized carbons (Fsp3) is 0.421. The monoisotopic (exact) mass is 363 g/mol. The number of furan rings is 1. The number of hydrogen-bond donors (Lipinski definition) is 0. The van der Waals surface area contributed by atoms with Crippen LogP contribution in [0.4, 0.5) is 0 Å². The molecule has 136 valence electrons. The Hall–Kier alpha value is -1.92. The van der Waals surface area contributed by atoms with E-state index in [0.717, 1.165) is 31.2 Å². The molecule has 0 bridgehead atoms. The molecule has 0 fully saturated rings. The third-order valence-electron chi connectivity index (χ3n) is 4.04. The van der Waals surface area contributed by atoms with Crippen molar-refractivity contribution >= 4 is 16.3 Å². The highest BCUT2D eigenvalue weighted by molar-refractivity contribution is 7.89. The smallest absolute Gasteiger partial charge is 0.243 e. The zero-order chi connectivity index (χ0) is 18.3. The molecule has 0 radical (unpaired) electrons. The summed E-state index contributed by atoms with van der Waals surface area (Å²) in [6.45, 7) is 5.19. The fourth-order valence-corrected chi connectivity index (χ4v) is 4.05. The Balaban J connectivity index is 2.23. The van der Waals surface area contributed by atoms with Crippen molar-refractivity contribution in [3.63, 3.8) is 0 Å². The summed E-state index contributed by atoms with van der Waals surface area (Å²) in [6.07, 6.45) is 4.24. The van der Waals surface area contributed by atoms with Crippen molar-refractivity contribution in [3.05, 3.63) is 42.2 Å². The highest BCUT2D eigenvalue weighted by Gasteiger charge is 2.23. The second-order valence-electron chi connectivity index (χ2n) is 5.96. The minimum absolute atomic E-state index is 0.247. The van der Waals surface area contributed by atoms with Crippen molar-refractivity contribution < 1.29 is 17.6 Å². The second-order valence-corrected chi connectivity index (χ2v) is 7.89. The van der Waals surface area contributed by atoms with Crippen LogP contribution in [0.1, 0.15) is 50.1 Å². The highest BCUT2D eigenvalue weighted by atomic mass is 32.2. The molecule has 6 heteroatoms. The van der Waals surface area contributed by atoms with Gasteiger partial charge >= 0.3 is 0 Å². The molecule has 0 amide bonds. The molecule has 2 aromatic rings. The topological polar surface area (TPSA) is 67.6 Å². The van der Waals surface area contributed by atoms with Crippen molar-refractivity contribution in [3.8, 4) is 11.3 Å². The van der Waals surface area contributed by atoms with Gasteiger partial charge in [-0.15, -0.1) is 0 Å². The number of nitrogens with zero attached hydrogens (tertiary/aromatic N) is 1. The number of aldehydes is 1. The predicted octanol–water partition coefficient (Wildman–Crippen LogP) is 4.35. The van der Waals surface area contributed by atoms with E-state index < -0.39 is 10.0 Å². The van der Waals surface area contributed by atoms with E-state index in [1.165, 1.54) is 0 Å². The molecule has 5 nitrogen and oxygen atoms in total. The summed E-state index contributed by atoms with van der Waals surface area (Å²) in [5, 5.41) is 0. The maximum Gasteiger partial charge on any atom is 0.243 e. The summed E-state index contributed by atoms with van der Waals surface area (Å²) < 4.78 is 32.7. The van der Waals surface area contributed by atoms with Crippen LogP contribution < -0.4 is 0 Å². The van der Waals surface area contributed by atoms with E-state index in [1.54, 1.807) is 40.7 Å². The lowest BCUT2D eigenvalue weighted by molar-refractivity contribution is 0.110. The molecule has 0 saturated heterocycles. The molecular formula is C19H25NO4S. The first-order valence-corrected chi connectivity index (χ1v) is 10.1. The van der Waals surface area contributed by atoms with Crippen molar-refractivity contribution in [1.82, 2.24) is 4.31 Å². The van der Waals surface area contributed by atoms with Crippen LogP contribution in [0.3, 0.4) is 0 Å². The molecule has 0 aliphatic carbocycles. The molecule has 1 aromatic carbocycles. The molecule has 0 aliphatic rings. The SMILES string of the molecule is CCCCN(CCCC)S(=O)(=O)c1ccc(-c2ccc(C=O)o2)cc1. The Labute approximate surface area is 149 Å². The van der Waals surface area contributed by atoms with E-state index in [1.807, 2.05) is 0 Å². The van der Waals surface area contributed by atoms with E-state index in [2.05, 4.69) is 13.8 Å². The number of carbonyl (C=O) groups is 1. The van der Waals surface area contributed by atoms with Crippen molar-refractivity contribution in [2.24, 2.45) is 0 Å². The van der Waals surface area contributed by atoms with Gasteiger partial charge in [0.25, 0.3) is 0 Å². The summed E-state index contributed by atoms with van der Waals surface area (Å²) in [6, 6.07) is 9.89. The average Bonchev–Trinajstić information content (AvgIpc) is 3.11. The largest absolute Gasteiger partial charge is 0.453 e. The first-order chi connectivity index (χ1) is 12.0. The van der Waals surface area contributed by atoms with Crippen molar-refractivity contribution in [2.45, 2.75) is 44.4 Å². The molecule has 2 rings (SSSR count). The standard InChI is InChI=1S/C19H25NO4S/c1-3-5-13-20(14-6-4-2)25(22,23)18-10-7-16(8-11-18)19-12-9-17(15-21)24-19/h7-12,15H,3-6,13-14H2,1-2H3. The summed E-state index contributed by atoms with van der Waals surface area (Å²) in [4.78, 5) is 11.0. The van der Waals surface area contributed by atoms with Gasteiger partial charge in [0.1, 0.15) is 5.76 Å². The lowest BCUT2D eigenvalue weighted by atomic mass is 10.2. The Kier molecular flexibility index (Phi) is 6.96. The minimum Gasteiger partial charge on any atom is -0.453 e. The number of hydrogen-bond acceptors (Lipinski definition) is 4. The molecule has 1 heterocycles. The normalized spacial score (nSPS) is 11.8. The molecule has 0 spiro atoms. The number of carbonyl (C=O) groups excluding carboxylic acids is 1. The van der Waals surface area contributed by atoms with Gasteiger partial charge in [0.05, 0.1) is 4.90 Å². The first-order valence-electron chi connectivity index (χ1n) is 8.68. The van der Waals surface area contributed by atoms with Crippen molar-refractivity contribution in [2.75, 3.05) is 13.1 Å². The lowest BCUT2D eigenvalue weighted by Crippen LogP contribution is -2.33. The molecule has 25 heavy (non-hydrogen) atoms. The van der Waals surface area contributed by atoms with Crippen LogP contribution in [-0.4, -0.2) is 32.1 Å². The van der Waals surface area contributed by atoms with Crippen LogP contribution in [0.25, 0.3) is 11.3 Å². The van der Waals surface area contributed by atoms with Crippen LogP contribution in [0.5, 0.6) is 0 Å². The molecule has 0 N–H and O–H groups in total. The summed E-state index contributed by atoms with van der Waals surface area (Å²) >= 11 is 0. The van der Waals surface area contributed by atoms with Crippen LogP contribution in [0, 0.1) is 0 Å². The van der Waals surface area contributed by atoms with Gasteiger partial charge < -0.3 is 4.42 Å². The number of benzene rings is 1. The second kappa shape index (κ2) is 8.97. The quantitative estimate of drug-likeness (QED) is 0.589. The average molecular weight is 363 g/mol. The zero-order valence-corrected chi connectivity index (χ0v) is 15.6. The van der Waals surface area contributed by atoms with Gasteiger partial charge in [-0.2, -0.15) is 4.31 Å². The summed E-state index contributed by atoms with van der Waals surface area (Å²) in [5.41, 5.74) is 0.737. The van der Waals surface area contributed by atoms with Crippen LogP contribution in [0.15, 0.2) is 45.7 Å². The molecule has 0 saturated carbocycles. The predicted molar refractivity (Wildman–Crippen MR) is 98.1 cm³/mol. The summed E-state index contributed by atoms with van der Waals surface area (Å²) in [5.74, 6) is 0.789. The third-order valence-corrected chi connectivity index (χ3v) is 5.95. The van der Waals surface area contributed by atoms with Gasteiger partial charge in [-0.1, -0.05) is 26.7 Å². The maximum absolute atomic E-state index is 12.9. The van der Waals surface area contributed by atoms with Gasteiger partial charge in [0.15, 0.2) is 12.0 Å². The molecule has 1 aromatic heterocycles. The van der Waals surface area contributed by atoms with E-state index in [4.69, 9.17) is 4.42 Å². The zero-order valence-electron chi connectivity index (χ0n) is 14.8. The third kappa shape index (κ3) is 4.80. The van der Waals surface area contributed by atoms with Gasteiger partial charge in [-0.05, 0) is 49.2 Å². The van der Waals surface area contributed by atoms with Crippen LogP contribution in [0.2, 0.25) is 0 Å². The van der Waals surface area contributed by atoms with Crippen molar-refractivity contribution in [1.29, 1.82) is 0 Å². The van der Waals surface area contributed by atoms with Gasteiger partial charge in [0.2, 0.25) is 10.0 Å². The molecule has 0 atom stereocenters. The molecule has 0 aliphatic heterocycles. The Morgan fingerprint density at radius 2 is 1.56 bits per heavy atom. The van der Waals surface area contributed by atoms with E-state index in [-0.39, 0.29) is 10.7 Å². The Morgan fingerprint density at radius 3 is 2.04 bits per heavy atom. The molecular weight excluding hydrogens is 338 g/mol. The highest BCUT2D eigenvalue weighted by Crippen LogP contribution is 2.25. The lowest BCUT2D eigenvalue weighted by Gasteiger charge is -2.22. The van der Waals surface area contributed by atoms with Crippen LogP contribution in [-0.2, 0) is 10.0 Å². The van der Waals surface area contributed by atoms with Gasteiger partial charge in [-0.25, -0.2) is 8.42 Å². The first kappa shape index (κ1) is 19.4. The van der Waals surface area contributed by atoms with Gasteiger partial charge in [0, 0.05) is 18.7 Å². The van der Waals surface area contributed by atoms with Crippen LogP contribution >= 0.6 is 0 Å². The fourth-order valence-electron chi connectivity index (χ4n) is 2.53. The Bertz CT molecular complexity index is 770. The number of sulfonamides is 1. The number of rotatable bonds is 10. The Morgan fingerprint density at radius 1 is 0.960 bits per heavy atom. The minimum atomic E-state index is -3.50. The van der Waals surface area contributed by atoms with E-state index >= 15 is 0 Å². The maximum atomic E-state index is 12.9. The van der Waals surface area contributed by atoms with E-state index in [9.17, 15) is 13.2 Å².